The molecule has 0 radical (unpaired) electrons. The quantitative estimate of drug-likeness (QED) is 0.155. The monoisotopic (exact) mass is 769 g/mol. The molecule has 0 spiro atoms. The van der Waals surface area contributed by atoms with Crippen LogP contribution in [0.3, 0.4) is 0 Å². The third-order valence-corrected chi connectivity index (χ3v) is 12.8. The molecule has 4 nitrogen and oxygen atoms in total. The Hall–Kier alpha value is -7.69. The van der Waals surface area contributed by atoms with Gasteiger partial charge >= 0.3 is 0 Å². The first-order chi connectivity index (χ1) is 29.6. The predicted molar refractivity (Wildman–Crippen MR) is 254 cm³/mol. The zero-order chi connectivity index (χ0) is 40.1. The number of aryl methyl sites for hydroxylation is 1. The molecule has 1 unspecified atom stereocenters. The summed E-state index contributed by atoms with van der Waals surface area (Å²) in [7, 11) is 0. The van der Waals surface area contributed by atoms with E-state index in [-0.39, 0.29) is 6.04 Å². The number of aromatic nitrogens is 2. The van der Waals surface area contributed by atoms with Crippen LogP contribution in [-0.4, -0.2) is 15.9 Å². The van der Waals surface area contributed by atoms with Crippen molar-refractivity contribution in [2.75, 3.05) is 0 Å². The van der Waals surface area contributed by atoms with Crippen LogP contribution in [0.4, 0.5) is 0 Å². The molecular weight excluding hydrogens is 731 g/mol. The van der Waals surface area contributed by atoms with E-state index in [1.165, 1.54) is 54.2 Å². The van der Waals surface area contributed by atoms with E-state index in [0.717, 1.165) is 66.6 Å². The molecule has 4 heteroatoms. The highest BCUT2D eigenvalue weighted by atomic mass is 16.3. The zero-order valence-electron chi connectivity index (χ0n) is 33.4. The second kappa shape index (κ2) is 13.2. The SMILES string of the molecule is C=N/C(C)=C(/c1ccccc1C)C(c1ccc2c3ccccc3n(-c3ccccc3)c2c1)n1c2c3ccccc3ccc2c2c3ccccc3c3c4ccccc4oc3c21. The van der Waals surface area contributed by atoms with Crippen LogP contribution >= 0.6 is 0 Å². The van der Waals surface area contributed by atoms with Crippen LogP contribution in [0.1, 0.15) is 29.7 Å². The molecule has 9 aromatic carbocycles. The minimum atomic E-state index is -0.369. The number of hydrogen-bond donors (Lipinski definition) is 0. The van der Waals surface area contributed by atoms with Crippen molar-refractivity contribution in [3.63, 3.8) is 0 Å². The fourth-order valence-electron chi connectivity index (χ4n) is 10.2. The molecule has 0 N–H and O–H groups in total. The Balaban J connectivity index is 1.34. The molecule has 0 amide bonds. The van der Waals surface area contributed by atoms with Gasteiger partial charge in [-0.1, -0.05) is 152 Å². The number of nitrogens with zero attached hydrogens (tertiary/aromatic N) is 3. The van der Waals surface area contributed by atoms with E-state index in [1.807, 2.05) is 0 Å². The molecular formula is C56H39N3O. The van der Waals surface area contributed by atoms with Gasteiger partial charge in [-0.2, -0.15) is 0 Å². The summed E-state index contributed by atoms with van der Waals surface area (Å²) in [6.07, 6.45) is 0. The number of rotatable bonds is 6. The van der Waals surface area contributed by atoms with Crippen LogP contribution in [0, 0.1) is 6.92 Å². The average molecular weight is 770 g/mol. The summed E-state index contributed by atoms with van der Waals surface area (Å²) < 4.78 is 12.2. The Labute approximate surface area is 346 Å². The minimum absolute atomic E-state index is 0.369. The lowest BCUT2D eigenvalue weighted by atomic mass is 9.88. The molecule has 284 valence electrons. The largest absolute Gasteiger partial charge is 0.454 e. The van der Waals surface area contributed by atoms with Crippen molar-refractivity contribution in [1.82, 2.24) is 9.13 Å². The van der Waals surface area contributed by atoms with Crippen molar-refractivity contribution in [3.05, 3.63) is 204 Å². The molecule has 3 heterocycles. The number of furan rings is 1. The summed E-state index contributed by atoms with van der Waals surface area (Å²) in [6, 6.07) is 65.5. The van der Waals surface area contributed by atoms with Crippen LogP contribution in [0.2, 0.25) is 0 Å². The normalized spacial score (nSPS) is 13.1. The van der Waals surface area contributed by atoms with E-state index in [1.54, 1.807) is 0 Å². The van der Waals surface area contributed by atoms with Gasteiger partial charge in [0, 0.05) is 54.7 Å². The lowest BCUT2D eigenvalue weighted by Crippen LogP contribution is -2.15. The third-order valence-electron chi connectivity index (χ3n) is 12.8. The first-order valence-electron chi connectivity index (χ1n) is 20.6. The van der Waals surface area contributed by atoms with E-state index in [9.17, 15) is 0 Å². The Morgan fingerprint density at radius 1 is 0.550 bits per heavy atom. The molecule has 0 saturated heterocycles. The molecule has 3 aromatic heterocycles. The van der Waals surface area contributed by atoms with Crippen LogP contribution in [0.5, 0.6) is 0 Å². The molecule has 0 bridgehead atoms. The molecule has 60 heavy (non-hydrogen) atoms. The highest BCUT2D eigenvalue weighted by Crippen LogP contribution is 2.51. The fraction of sp³-hybridized carbons (Fsp3) is 0.0536. The molecule has 12 rings (SSSR count). The molecule has 0 aliphatic rings. The van der Waals surface area contributed by atoms with E-state index >= 15 is 0 Å². The lowest BCUT2D eigenvalue weighted by molar-refractivity contribution is 0.666. The van der Waals surface area contributed by atoms with E-state index in [2.05, 4.69) is 212 Å². The average Bonchev–Trinajstić information content (AvgIpc) is 3.97. The minimum Gasteiger partial charge on any atom is -0.454 e. The van der Waals surface area contributed by atoms with Crippen molar-refractivity contribution < 1.29 is 4.42 Å². The highest BCUT2D eigenvalue weighted by molar-refractivity contribution is 6.36. The zero-order valence-corrected chi connectivity index (χ0v) is 33.4. The first kappa shape index (κ1) is 34.4. The molecule has 1 atom stereocenters. The van der Waals surface area contributed by atoms with Crippen molar-refractivity contribution in [2.45, 2.75) is 19.9 Å². The summed E-state index contributed by atoms with van der Waals surface area (Å²) >= 11 is 0. The van der Waals surface area contributed by atoms with Gasteiger partial charge in [0.2, 0.25) is 0 Å². The number of hydrogen-bond acceptors (Lipinski definition) is 2. The summed E-state index contributed by atoms with van der Waals surface area (Å²) in [5.74, 6) is 0. The number of aliphatic imine (C=N–C) groups is 1. The summed E-state index contributed by atoms with van der Waals surface area (Å²) in [4.78, 5) is 4.78. The Morgan fingerprint density at radius 2 is 1.18 bits per heavy atom. The topological polar surface area (TPSA) is 35.4 Å². The molecule has 0 saturated carbocycles. The Morgan fingerprint density at radius 3 is 1.98 bits per heavy atom. The second-order valence-corrected chi connectivity index (χ2v) is 16.0. The van der Waals surface area contributed by atoms with Gasteiger partial charge in [-0.15, -0.1) is 0 Å². The van der Waals surface area contributed by atoms with Crippen molar-refractivity contribution in [3.8, 4) is 5.69 Å². The molecule has 0 fully saturated rings. The van der Waals surface area contributed by atoms with Gasteiger partial charge in [0.05, 0.1) is 28.1 Å². The maximum atomic E-state index is 7.15. The summed E-state index contributed by atoms with van der Waals surface area (Å²) in [6.45, 7) is 8.49. The molecule has 0 aliphatic carbocycles. The Bertz CT molecular complexity index is 3760. The molecule has 12 aromatic rings. The van der Waals surface area contributed by atoms with Gasteiger partial charge in [0.25, 0.3) is 0 Å². The van der Waals surface area contributed by atoms with Crippen molar-refractivity contribution >= 4 is 99.4 Å². The van der Waals surface area contributed by atoms with Gasteiger partial charge in [-0.25, -0.2) is 0 Å². The van der Waals surface area contributed by atoms with Crippen molar-refractivity contribution in [1.29, 1.82) is 0 Å². The first-order valence-corrected chi connectivity index (χ1v) is 20.6. The Kier molecular flexibility index (Phi) is 7.54. The number of para-hydroxylation sites is 3. The van der Waals surface area contributed by atoms with Gasteiger partial charge in [-0.05, 0) is 83.7 Å². The summed E-state index contributed by atoms with van der Waals surface area (Å²) in [5, 5.41) is 11.7. The van der Waals surface area contributed by atoms with E-state index in [0.29, 0.717) is 0 Å². The maximum Gasteiger partial charge on any atom is 0.160 e. The maximum absolute atomic E-state index is 7.15. The number of allylic oxidation sites excluding steroid dienone is 2. The number of benzene rings is 9. The van der Waals surface area contributed by atoms with Gasteiger partial charge in [0.15, 0.2) is 5.58 Å². The third kappa shape index (κ3) is 4.82. The smallest absolute Gasteiger partial charge is 0.160 e. The highest BCUT2D eigenvalue weighted by Gasteiger charge is 2.32. The van der Waals surface area contributed by atoms with Gasteiger partial charge < -0.3 is 13.6 Å². The van der Waals surface area contributed by atoms with Gasteiger partial charge in [0.1, 0.15) is 5.58 Å². The second-order valence-electron chi connectivity index (χ2n) is 16.0. The van der Waals surface area contributed by atoms with Crippen molar-refractivity contribution in [2.24, 2.45) is 4.99 Å². The van der Waals surface area contributed by atoms with Crippen LogP contribution in [0.15, 0.2) is 197 Å². The fourth-order valence-corrected chi connectivity index (χ4v) is 10.2. The lowest BCUT2D eigenvalue weighted by Gasteiger charge is -2.28. The van der Waals surface area contributed by atoms with Crippen LogP contribution in [-0.2, 0) is 0 Å². The van der Waals surface area contributed by atoms with E-state index in [4.69, 9.17) is 9.41 Å². The van der Waals surface area contributed by atoms with E-state index < -0.39 is 0 Å². The predicted octanol–water partition coefficient (Wildman–Crippen LogP) is 15.1. The summed E-state index contributed by atoms with van der Waals surface area (Å²) in [5.41, 5.74) is 12.8. The van der Waals surface area contributed by atoms with Crippen LogP contribution in [0.25, 0.3) is 98.4 Å². The number of fused-ring (bicyclic) bond motifs is 15. The standard InChI is InChI=1S/C56H39N3O/c1-34-17-7-9-21-39(34)50(35(2)57-3)53(37-30-31-42-41-23-13-15-27-47(41)58(48(42)33-37)38-19-5-4-6-20-38)59-54-40-22-10-8-18-36(40)29-32-46(54)51-43-24-11-12-25-44(43)52-45-26-14-16-28-49(45)60-56(52)55(51)59/h4-33,53H,3H2,1-2H3/b50-35-. The molecule has 0 aliphatic heterocycles. The van der Waals surface area contributed by atoms with Gasteiger partial charge in [-0.3, -0.25) is 4.99 Å². The van der Waals surface area contributed by atoms with Crippen LogP contribution < -0.4 is 0 Å².